The van der Waals surface area contributed by atoms with E-state index in [1.807, 2.05) is 11.9 Å². The van der Waals surface area contributed by atoms with E-state index < -0.39 is 0 Å². The highest BCUT2D eigenvalue weighted by molar-refractivity contribution is 5.48. The molecule has 0 saturated heterocycles. The summed E-state index contributed by atoms with van der Waals surface area (Å²) in [7, 11) is 0. The molecule has 0 amide bonds. The van der Waals surface area contributed by atoms with Gasteiger partial charge in [0.15, 0.2) is 23.4 Å². The number of rotatable bonds is 7. The van der Waals surface area contributed by atoms with Crippen LogP contribution in [-0.2, 0) is 19.1 Å². The fourth-order valence-electron chi connectivity index (χ4n) is 4.70. The van der Waals surface area contributed by atoms with Gasteiger partial charge in [0, 0.05) is 13.8 Å². The molecule has 2 aliphatic rings. The number of hydrogen-bond acceptors (Lipinski definition) is 4. The van der Waals surface area contributed by atoms with E-state index in [9.17, 15) is 9.59 Å². The highest BCUT2D eigenvalue weighted by atomic mass is 16.5. The first kappa shape index (κ1) is 20.8. The molecule has 2 saturated carbocycles. The molecule has 146 valence electrons. The third-order valence-corrected chi connectivity index (χ3v) is 6.09. The van der Waals surface area contributed by atoms with Gasteiger partial charge in [-0.05, 0) is 64.2 Å². The van der Waals surface area contributed by atoms with Crippen molar-refractivity contribution in [2.45, 2.75) is 115 Å². The fraction of sp³-hybridized carbons (Fsp3) is 0.818. The Kier molecular flexibility index (Phi) is 8.00. The third-order valence-electron chi connectivity index (χ3n) is 6.09. The van der Waals surface area contributed by atoms with Crippen molar-refractivity contribution >= 4 is 11.9 Å². The minimum Gasteiger partial charge on any atom is -0.481 e. The molecule has 0 radical (unpaired) electrons. The van der Waals surface area contributed by atoms with Crippen molar-refractivity contribution in [1.29, 1.82) is 0 Å². The van der Waals surface area contributed by atoms with Gasteiger partial charge in [-0.1, -0.05) is 25.7 Å². The van der Waals surface area contributed by atoms with Crippen molar-refractivity contribution in [1.82, 2.24) is 0 Å². The van der Waals surface area contributed by atoms with Crippen LogP contribution in [0, 0.1) is 0 Å². The Morgan fingerprint density at radius 3 is 1.23 bits per heavy atom. The predicted molar refractivity (Wildman–Crippen MR) is 102 cm³/mol. The Morgan fingerprint density at radius 1 is 0.654 bits per heavy atom. The standard InChI is InChI=1S/C22H34O4/c1-19(17-23)25-21(11-7-3-4-8-12-21)15-16-22(26-20(2)18-24)13-9-5-6-10-14-22/h3-16H2,1-2H3. The number of hydrogen-bond donors (Lipinski definition) is 0. The van der Waals surface area contributed by atoms with Crippen LogP contribution in [0.25, 0.3) is 0 Å². The fourth-order valence-corrected chi connectivity index (χ4v) is 4.70. The van der Waals surface area contributed by atoms with Crippen LogP contribution < -0.4 is 0 Å². The number of allylic oxidation sites excluding steroid dienone is 2. The van der Waals surface area contributed by atoms with Gasteiger partial charge in [0.05, 0.1) is 0 Å². The Balaban J connectivity index is 2.18. The van der Waals surface area contributed by atoms with E-state index in [0.29, 0.717) is 11.5 Å². The molecule has 0 aromatic carbocycles. The quantitative estimate of drug-likeness (QED) is 0.343. The summed E-state index contributed by atoms with van der Waals surface area (Å²) in [6, 6.07) is 0. The van der Waals surface area contributed by atoms with E-state index in [4.69, 9.17) is 9.47 Å². The number of carbonyl (C=O) groups excluding carboxylic acids is 2. The van der Waals surface area contributed by atoms with Crippen LogP contribution in [0.5, 0.6) is 0 Å². The molecule has 0 spiro atoms. The van der Waals surface area contributed by atoms with E-state index in [-0.39, 0.29) is 11.2 Å². The van der Waals surface area contributed by atoms with Crippen LogP contribution in [0.4, 0.5) is 0 Å². The molecule has 2 rings (SSSR count). The van der Waals surface area contributed by atoms with Crippen LogP contribution in [0.1, 0.15) is 104 Å². The van der Waals surface area contributed by atoms with Gasteiger partial charge in [0.2, 0.25) is 0 Å². The Labute approximate surface area is 158 Å². The summed E-state index contributed by atoms with van der Waals surface area (Å²) in [5, 5.41) is 0. The van der Waals surface area contributed by atoms with E-state index in [1.54, 1.807) is 13.8 Å². The van der Waals surface area contributed by atoms with E-state index in [2.05, 4.69) is 0 Å². The minimum atomic E-state index is -0.292. The lowest BCUT2D eigenvalue weighted by Crippen LogP contribution is -2.38. The second-order valence-corrected chi connectivity index (χ2v) is 8.22. The van der Waals surface area contributed by atoms with Gasteiger partial charge < -0.3 is 9.47 Å². The molecule has 26 heavy (non-hydrogen) atoms. The lowest BCUT2D eigenvalue weighted by atomic mass is 9.81. The summed E-state index contributed by atoms with van der Waals surface area (Å²) in [6.07, 6.45) is 15.1. The highest BCUT2D eigenvalue weighted by Crippen LogP contribution is 2.42. The zero-order chi connectivity index (χ0) is 18.9. The zero-order valence-electron chi connectivity index (χ0n) is 16.5. The van der Waals surface area contributed by atoms with Gasteiger partial charge >= 0.3 is 0 Å². The van der Waals surface area contributed by atoms with Gasteiger partial charge in [-0.3, -0.25) is 0 Å². The summed E-state index contributed by atoms with van der Waals surface area (Å²) in [5.41, 5.74) is -0.584. The molecule has 0 bridgehead atoms. The average Bonchev–Trinajstić information content (AvgIpc) is 3.01. The second kappa shape index (κ2) is 10.00. The molecular weight excluding hydrogens is 328 g/mol. The van der Waals surface area contributed by atoms with Crippen molar-refractivity contribution in [2.75, 3.05) is 0 Å². The molecule has 2 aliphatic carbocycles. The SMILES string of the molecule is CC(=C=O)OC1(CCC2(OC(C)=C=O)CCCCCC2)CCCCCC1. The number of ether oxygens (including phenoxy) is 2. The van der Waals surface area contributed by atoms with Crippen molar-refractivity contribution in [3.63, 3.8) is 0 Å². The molecule has 0 N–H and O–H groups in total. The Bertz CT molecular complexity index is 486. The molecule has 0 aliphatic heterocycles. The molecular formula is C22H34O4. The van der Waals surface area contributed by atoms with Gasteiger partial charge in [0.25, 0.3) is 0 Å². The van der Waals surface area contributed by atoms with Crippen LogP contribution >= 0.6 is 0 Å². The van der Waals surface area contributed by atoms with Gasteiger partial charge in [-0.25, -0.2) is 9.59 Å². The topological polar surface area (TPSA) is 52.6 Å². The van der Waals surface area contributed by atoms with Gasteiger partial charge in [-0.15, -0.1) is 0 Å². The third kappa shape index (κ3) is 6.04. The van der Waals surface area contributed by atoms with Crippen molar-refractivity contribution in [3.05, 3.63) is 11.5 Å². The lowest BCUT2D eigenvalue weighted by molar-refractivity contribution is -0.0619. The van der Waals surface area contributed by atoms with Crippen molar-refractivity contribution in [2.24, 2.45) is 0 Å². The van der Waals surface area contributed by atoms with Crippen molar-refractivity contribution < 1.29 is 19.1 Å². The van der Waals surface area contributed by atoms with Crippen LogP contribution in [0.15, 0.2) is 11.5 Å². The first-order chi connectivity index (χ1) is 12.5. The predicted octanol–water partition coefficient (Wildman–Crippen LogP) is 5.46. The first-order valence-electron chi connectivity index (χ1n) is 10.3. The lowest BCUT2D eigenvalue weighted by Gasteiger charge is -2.39. The van der Waals surface area contributed by atoms with Crippen LogP contribution in [-0.4, -0.2) is 23.1 Å². The van der Waals surface area contributed by atoms with Gasteiger partial charge in [0.1, 0.15) is 11.2 Å². The van der Waals surface area contributed by atoms with E-state index in [1.165, 1.54) is 25.7 Å². The normalized spacial score (nSPS) is 22.1. The minimum absolute atomic E-state index is 0.292. The smallest absolute Gasteiger partial charge is 0.177 e. The molecule has 0 aromatic heterocycles. The molecule has 0 aromatic rings. The summed E-state index contributed by atoms with van der Waals surface area (Å²) in [5.74, 6) is 4.53. The maximum Gasteiger partial charge on any atom is 0.177 e. The average molecular weight is 363 g/mol. The molecule has 0 unspecified atom stereocenters. The zero-order valence-corrected chi connectivity index (χ0v) is 16.5. The Morgan fingerprint density at radius 2 is 0.962 bits per heavy atom. The van der Waals surface area contributed by atoms with Crippen LogP contribution in [0.2, 0.25) is 0 Å². The Hall–Kier alpha value is -1.50. The summed E-state index contributed by atoms with van der Waals surface area (Å²) >= 11 is 0. The maximum absolute atomic E-state index is 11.0. The van der Waals surface area contributed by atoms with E-state index >= 15 is 0 Å². The van der Waals surface area contributed by atoms with Gasteiger partial charge in [-0.2, -0.15) is 0 Å². The molecule has 2 fully saturated rings. The molecule has 0 heterocycles. The largest absolute Gasteiger partial charge is 0.481 e. The first-order valence-corrected chi connectivity index (χ1v) is 10.3. The second-order valence-electron chi connectivity index (χ2n) is 8.22. The van der Waals surface area contributed by atoms with Crippen LogP contribution in [0.3, 0.4) is 0 Å². The highest BCUT2D eigenvalue weighted by Gasteiger charge is 2.40. The van der Waals surface area contributed by atoms with Crippen molar-refractivity contribution in [3.8, 4) is 0 Å². The monoisotopic (exact) mass is 362 g/mol. The molecule has 0 atom stereocenters. The summed E-state index contributed by atoms with van der Waals surface area (Å²) in [6.45, 7) is 3.41. The summed E-state index contributed by atoms with van der Waals surface area (Å²) < 4.78 is 12.3. The maximum atomic E-state index is 11.0. The molecule has 4 nitrogen and oxygen atoms in total. The van der Waals surface area contributed by atoms with E-state index in [0.717, 1.165) is 64.2 Å². The molecule has 4 heteroatoms. The summed E-state index contributed by atoms with van der Waals surface area (Å²) in [4.78, 5) is 22.1.